The number of hydrogen-bond acceptors (Lipinski definition) is 1. The Labute approximate surface area is 97.9 Å². The van der Waals surface area contributed by atoms with Gasteiger partial charge >= 0.3 is 0 Å². The van der Waals surface area contributed by atoms with E-state index >= 15 is 0 Å². The molecular formula is C12H18ClNO. The summed E-state index contributed by atoms with van der Waals surface area (Å²) in [6.45, 7) is 3.14. The Bertz CT molecular complexity index is 309. The van der Waals surface area contributed by atoms with E-state index in [1.807, 2.05) is 18.2 Å². The predicted molar refractivity (Wildman–Crippen MR) is 57.8 cm³/mol. The van der Waals surface area contributed by atoms with Crippen molar-refractivity contribution in [1.82, 2.24) is 0 Å². The second-order valence-electron chi connectivity index (χ2n) is 4.44. The zero-order valence-electron chi connectivity index (χ0n) is 9.53. The molecule has 0 radical (unpaired) electrons. The molecule has 0 aliphatic carbocycles. The van der Waals surface area contributed by atoms with Gasteiger partial charge in [0.1, 0.15) is 13.1 Å². The van der Waals surface area contributed by atoms with Crippen molar-refractivity contribution in [3.8, 4) is 0 Å². The van der Waals surface area contributed by atoms with Gasteiger partial charge in [-0.3, -0.25) is 4.79 Å². The number of rotatable bonds is 4. The van der Waals surface area contributed by atoms with Gasteiger partial charge in [0.05, 0.1) is 14.1 Å². The molecule has 0 spiro atoms. The molecule has 0 unspecified atom stereocenters. The summed E-state index contributed by atoms with van der Waals surface area (Å²) in [6.07, 6.45) is 0. The summed E-state index contributed by atoms with van der Waals surface area (Å²) < 4.78 is 0.722. The molecule has 0 saturated heterocycles. The van der Waals surface area contributed by atoms with Gasteiger partial charge < -0.3 is 16.9 Å². The Kier molecular flexibility index (Phi) is 5.55. The highest BCUT2D eigenvalue weighted by atomic mass is 35.5. The predicted octanol–water partition coefficient (Wildman–Crippen LogP) is -1.14. The van der Waals surface area contributed by atoms with Crippen LogP contribution >= 0.6 is 0 Å². The number of halogens is 1. The number of Topliss-reactive ketones (excluding diaryl/α,β-unsaturated/α-hetero) is 1. The van der Waals surface area contributed by atoms with Gasteiger partial charge in [0.2, 0.25) is 0 Å². The van der Waals surface area contributed by atoms with Gasteiger partial charge in [0.15, 0.2) is 5.78 Å². The molecule has 0 saturated carbocycles. The Morgan fingerprint density at radius 3 is 2.20 bits per heavy atom. The maximum absolute atomic E-state index is 11.0. The minimum Gasteiger partial charge on any atom is -1.00 e. The SMILES string of the molecule is CC(=O)C[N+](C)(C)Cc1ccccc1.[Cl-]. The summed E-state index contributed by atoms with van der Waals surface area (Å²) in [5.41, 5.74) is 1.28. The van der Waals surface area contributed by atoms with Crippen LogP contribution in [0, 0.1) is 0 Å². The van der Waals surface area contributed by atoms with Crippen LogP contribution in [-0.2, 0) is 11.3 Å². The lowest BCUT2D eigenvalue weighted by atomic mass is 10.2. The van der Waals surface area contributed by atoms with Gasteiger partial charge in [0.25, 0.3) is 0 Å². The molecule has 0 fully saturated rings. The molecule has 0 bridgehead atoms. The van der Waals surface area contributed by atoms with Crippen molar-refractivity contribution in [2.45, 2.75) is 13.5 Å². The second-order valence-corrected chi connectivity index (χ2v) is 4.44. The van der Waals surface area contributed by atoms with E-state index in [0.717, 1.165) is 11.0 Å². The molecule has 0 N–H and O–H groups in total. The maximum Gasteiger partial charge on any atom is 0.183 e. The van der Waals surface area contributed by atoms with Crippen LogP contribution in [0.1, 0.15) is 12.5 Å². The molecule has 84 valence electrons. The number of carbonyl (C=O) groups excluding carboxylic acids is 1. The summed E-state index contributed by atoms with van der Waals surface area (Å²) in [7, 11) is 4.16. The zero-order chi connectivity index (χ0) is 10.6. The van der Waals surface area contributed by atoms with Crippen LogP contribution in [0.25, 0.3) is 0 Å². The standard InChI is InChI=1S/C12H18NO.ClH/c1-11(14)9-13(2,3)10-12-7-5-4-6-8-12;/h4-8H,9-10H2,1-3H3;1H/q+1;/p-1. The summed E-state index contributed by atoms with van der Waals surface area (Å²) in [6, 6.07) is 10.3. The summed E-state index contributed by atoms with van der Waals surface area (Å²) in [5, 5.41) is 0. The molecule has 2 nitrogen and oxygen atoms in total. The third kappa shape index (κ3) is 5.55. The number of nitrogens with zero attached hydrogens (tertiary/aromatic N) is 1. The monoisotopic (exact) mass is 227 g/mol. The fourth-order valence-corrected chi connectivity index (χ4v) is 1.74. The van der Waals surface area contributed by atoms with Crippen molar-refractivity contribution < 1.29 is 21.7 Å². The van der Waals surface area contributed by atoms with E-state index in [9.17, 15) is 4.79 Å². The average molecular weight is 228 g/mol. The third-order valence-corrected chi connectivity index (χ3v) is 2.10. The Morgan fingerprint density at radius 1 is 1.20 bits per heavy atom. The van der Waals surface area contributed by atoms with Gasteiger partial charge in [-0.1, -0.05) is 30.3 Å². The van der Waals surface area contributed by atoms with Gasteiger partial charge in [-0.2, -0.15) is 0 Å². The molecule has 0 atom stereocenters. The minimum absolute atomic E-state index is 0. The van der Waals surface area contributed by atoms with E-state index in [-0.39, 0.29) is 18.2 Å². The highest BCUT2D eigenvalue weighted by molar-refractivity contribution is 5.76. The fourth-order valence-electron chi connectivity index (χ4n) is 1.74. The molecule has 0 aliphatic heterocycles. The van der Waals surface area contributed by atoms with Crippen molar-refractivity contribution in [3.05, 3.63) is 35.9 Å². The van der Waals surface area contributed by atoms with Crippen LogP contribution in [0.2, 0.25) is 0 Å². The summed E-state index contributed by atoms with van der Waals surface area (Å²) >= 11 is 0. The quantitative estimate of drug-likeness (QED) is 0.595. The van der Waals surface area contributed by atoms with E-state index in [1.54, 1.807) is 6.92 Å². The Morgan fingerprint density at radius 2 is 1.73 bits per heavy atom. The number of hydrogen-bond donors (Lipinski definition) is 0. The van der Waals surface area contributed by atoms with Crippen LogP contribution in [0.3, 0.4) is 0 Å². The molecule has 0 aliphatic rings. The molecular weight excluding hydrogens is 210 g/mol. The fraction of sp³-hybridized carbons (Fsp3) is 0.417. The van der Waals surface area contributed by atoms with E-state index in [4.69, 9.17) is 0 Å². The number of ketones is 1. The largest absolute Gasteiger partial charge is 1.00 e. The molecule has 1 aromatic rings. The first-order valence-electron chi connectivity index (χ1n) is 4.85. The first-order valence-corrected chi connectivity index (χ1v) is 4.85. The lowest BCUT2D eigenvalue weighted by molar-refractivity contribution is -0.895. The Hall–Kier alpha value is -0.860. The molecule has 3 heteroatoms. The minimum atomic E-state index is 0. The van der Waals surface area contributed by atoms with E-state index in [0.29, 0.717) is 6.54 Å². The van der Waals surface area contributed by atoms with Crippen molar-refractivity contribution >= 4 is 5.78 Å². The molecule has 1 rings (SSSR count). The van der Waals surface area contributed by atoms with E-state index in [1.165, 1.54) is 5.56 Å². The third-order valence-electron chi connectivity index (χ3n) is 2.10. The second kappa shape index (κ2) is 5.89. The smallest absolute Gasteiger partial charge is 0.183 e. The van der Waals surface area contributed by atoms with Gasteiger partial charge in [0, 0.05) is 12.5 Å². The van der Waals surface area contributed by atoms with E-state index in [2.05, 4.69) is 26.2 Å². The molecule has 0 aromatic heterocycles. The number of carbonyl (C=O) groups is 1. The van der Waals surface area contributed by atoms with E-state index < -0.39 is 0 Å². The van der Waals surface area contributed by atoms with Gasteiger partial charge in [-0.15, -0.1) is 0 Å². The lowest BCUT2D eigenvalue weighted by Crippen LogP contribution is -3.00. The van der Waals surface area contributed by atoms with Crippen molar-refractivity contribution in [2.24, 2.45) is 0 Å². The summed E-state index contributed by atoms with van der Waals surface area (Å²) in [5.74, 6) is 0.242. The number of likely N-dealkylation sites (N-methyl/N-ethyl adjacent to an activating group) is 1. The Balaban J connectivity index is 0.00000196. The average Bonchev–Trinajstić information content (AvgIpc) is 2.02. The molecule has 0 heterocycles. The molecule has 0 amide bonds. The molecule has 1 aromatic carbocycles. The lowest BCUT2D eigenvalue weighted by Gasteiger charge is -2.28. The first-order chi connectivity index (χ1) is 6.49. The highest BCUT2D eigenvalue weighted by Crippen LogP contribution is 2.08. The summed E-state index contributed by atoms with van der Waals surface area (Å²) in [4.78, 5) is 11.0. The van der Waals surface area contributed by atoms with Crippen molar-refractivity contribution in [3.63, 3.8) is 0 Å². The van der Waals surface area contributed by atoms with Gasteiger partial charge in [-0.05, 0) is 0 Å². The zero-order valence-corrected chi connectivity index (χ0v) is 10.3. The van der Waals surface area contributed by atoms with Crippen LogP contribution in [-0.4, -0.2) is 30.9 Å². The molecule has 15 heavy (non-hydrogen) atoms. The van der Waals surface area contributed by atoms with Crippen LogP contribution < -0.4 is 12.4 Å². The highest BCUT2D eigenvalue weighted by Gasteiger charge is 2.17. The number of quaternary nitrogens is 1. The van der Waals surface area contributed by atoms with Crippen molar-refractivity contribution in [1.29, 1.82) is 0 Å². The first kappa shape index (κ1) is 14.1. The van der Waals surface area contributed by atoms with Crippen LogP contribution in [0.5, 0.6) is 0 Å². The van der Waals surface area contributed by atoms with Gasteiger partial charge in [-0.25, -0.2) is 0 Å². The topological polar surface area (TPSA) is 17.1 Å². The van der Waals surface area contributed by atoms with Crippen LogP contribution in [0.15, 0.2) is 30.3 Å². The van der Waals surface area contributed by atoms with Crippen molar-refractivity contribution in [2.75, 3.05) is 20.6 Å². The number of benzene rings is 1. The normalized spacial score (nSPS) is 10.6. The maximum atomic E-state index is 11.0. The van der Waals surface area contributed by atoms with Crippen LogP contribution in [0.4, 0.5) is 0 Å².